The van der Waals surface area contributed by atoms with E-state index in [0.717, 1.165) is 31.4 Å². The molecule has 1 aromatic rings. The summed E-state index contributed by atoms with van der Waals surface area (Å²) in [6, 6.07) is 3.13. The van der Waals surface area contributed by atoms with E-state index in [2.05, 4.69) is 5.10 Å². The minimum atomic E-state index is -0.530. The van der Waals surface area contributed by atoms with Gasteiger partial charge in [0.05, 0.1) is 5.69 Å². The second-order valence-electron chi connectivity index (χ2n) is 6.73. The van der Waals surface area contributed by atoms with E-state index in [1.165, 1.54) is 23.9 Å². The number of hydrogen-bond acceptors (Lipinski definition) is 3. The zero-order valence-electron chi connectivity index (χ0n) is 13.5. The standard InChI is InChI=1S/C17H25N3O2/c1-12(17(22)19(2)14-6-4-3-5-7-14)20-16(21)11-10-15(18-20)13-8-9-13/h10-14H,3-9H2,1-2H3. The van der Waals surface area contributed by atoms with Gasteiger partial charge in [0.2, 0.25) is 5.91 Å². The highest BCUT2D eigenvalue weighted by molar-refractivity contribution is 5.80. The molecule has 2 fully saturated rings. The number of likely N-dealkylation sites (N-methyl/N-ethyl adjacent to an activating group) is 1. The molecule has 2 aliphatic carbocycles. The number of rotatable bonds is 4. The van der Waals surface area contributed by atoms with E-state index >= 15 is 0 Å². The van der Waals surface area contributed by atoms with Crippen molar-refractivity contribution in [2.75, 3.05) is 7.05 Å². The number of carbonyl (C=O) groups excluding carboxylic acids is 1. The van der Waals surface area contributed by atoms with Crippen molar-refractivity contribution in [3.05, 3.63) is 28.2 Å². The van der Waals surface area contributed by atoms with Crippen LogP contribution in [-0.4, -0.2) is 33.7 Å². The molecule has 0 N–H and O–H groups in total. The van der Waals surface area contributed by atoms with Crippen LogP contribution in [-0.2, 0) is 4.79 Å². The third-order valence-electron chi connectivity index (χ3n) is 5.04. The molecule has 2 aliphatic rings. The Kier molecular flexibility index (Phi) is 4.32. The maximum atomic E-state index is 12.7. The predicted molar refractivity (Wildman–Crippen MR) is 84.8 cm³/mol. The molecule has 0 aromatic carbocycles. The van der Waals surface area contributed by atoms with Crippen LogP contribution in [0.15, 0.2) is 16.9 Å². The lowest BCUT2D eigenvalue weighted by molar-refractivity contribution is -0.136. The Labute approximate surface area is 131 Å². The van der Waals surface area contributed by atoms with Gasteiger partial charge in [-0.05, 0) is 38.7 Å². The number of carbonyl (C=O) groups is 1. The Hall–Kier alpha value is -1.65. The SMILES string of the molecule is CC(C(=O)N(C)C1CCCCC1)n1nc(C2CC2)ccc1=O. The van der Waals surface area contributed by atoms with Gasteiger partial charge in [-0.15, -0.1) is 0 Å². The molecule has 0 aliphatic heterocycles. The minimum absolute atomic E-state index is 0.00514. The first-order valence-electron chi connectivity index (χ1n) is 8.44. The molecule has 0 radical (unpaired) electrons. The molecule has 1 aromatic heterocycles. The highest BCUT2D eigenvalue weighted by Crippen LogP contribution is 2.38. The highest BCUT2D eigenvalue weighted by atomic mass is 16.2. The second kappa shape index (κ2) is 6.23. The third-order valence-corrected chi connectivity index (χ3v) is 5.04. The van der Waals surface area contributed by atoms with Crippen molar-refractivity contribution >= 4 is 5.91 Å². The fraction of sp³-hybridized carbons (Fsp3) is 0.706. The van der Waals surface area contributed by atoms with Gasteiger partial charge in [-0.2, -0.15) is 5.10 Å². The van der Waals surface area contributed by atoms with Crippen molar-refractivity contribution in [3.63, 3.8) is 0 Å². The van der Waals surface area contributed by atoms with Gasteiger partial charge in [-0.3, -0.25) is 9.59 Å². The summed E-state index contributed by atoms with van der Waals surface area (Å²) < 4.78 is 1.37. The molecule has 1 amide bonds. The van der Waals surface area contributed by atoms with Crippen LogP contribution in [0.3, 0.4) is 0 Å². The number of hydrogen-bond donors (Lipinski definition) is 0. The van der Waals surface area contributed by atoms with Gasteiger partial charge in [0.15, 0.2) is 0 Å². The lowest BCUT2D eigenvalue weighted by Gasteiger charge is -2.33. The third kappa shape index (κ3) is 3.08. The topological polar surface area (TPSA) is 55.2 Å². The van der Waals surface area contributed by atoms with Gasteiger partial charge in [-0.25, -0.2) is 4.68 Å². The van der Waals surface area contributed by atoms with Gasteiger partial charge in [0, 0.05) is 25.1 Å². The first-order chi connectivity index (χ1) is 10.6. The Balaban J connectivity index is 1.77. The molecule has 0 saturated heterocycles. The fourth-order valence-corrected chi connectivity index (χ4v) is 3.36. The van der Waals surface area contributed by atoms with Crippen molar-refractivity contribution in [1.82, 2.24) is 14.7 Å². The summed E-state index contributed by atoms with van der Waals surface area (Å²) >= 11 is 0. The average molecular weight is 303 g/mol. The van der Waals surface area contributed by atoms with Crippen LogP contribution in [0, 0.1) is 0 Å². The monoisotopic (exact) mass is 303 g/mol. The van der Waals surface area contributed by atoms with Crippen LogP contribution in [0.2, 0.25) is 0 Å². The van der Waals surface area contributed by atoms with Gasteiger partial charge < -0.3 is 4.90 Å². The number of amides is 1. The molecule has 0 bridgehead atoms. The van der Waals surface area contributed by atoms with Gasteiger partial charge in [-0.1, -0.05) is 19.3 Å². The maximum absolute atomic E-state index is 12.7. The quantitative estimate of drug-likeness (QED) is 0.858. The van der Waals surface area contributed by atoms with Crippen LogP contribution < -0.4 is 5.56 Å². The first kappa shape index (κ1) is 15.3. The summed E-state index contributed by atoms with van der Waals surface area (Å²) in [5.41, 5.74) is 0.752. The van der Waals surface area contributed by atoms with Crippen LogP contribution in [0.25, 0.3) is 0 Å². The van der Waals surface area contributed by atoms with Crippen LogP contribution in [0.5, 0.6) is 0 Å². The minimum Gasteiger partial charge on any atom is -0.341 e. The highest BCUT2D eigenvalue weighted by Gasteiger charge is 2.29. The molecule has 5 heteroatoms. The van der Waals surface area contributed by atoms with E-state index in [4.69, 9.17) is 0 Å². The van der Waals surface area contributed by atoms with Crippen molar-refractivity contribution in [1.29, 1.82) is 0 Å². The second-order valence-corrected chi connectivity index (χ2v) is 6.73. The molecule has 5 nitrogen and oxygen atoms in total. The largest absolute Gasteiger partial charge is 0.341 e. The Morgan fingerprint density at radius 3 is 2.55 bits per heavy atom. The number of nitrogens with zero attached hydrogens (tertiary/aromatic N) is 3. The van der Waals surface area contributed by atoms with Gasteiger partial charge >= 0.3 is 0 Å². The summed E-state index contributed by atoms with van der Waals surface area (Å²) in [6.07, 6.45) is 8.04. The summed E-state index contributed by atoms with van der Waals surface area (Å²) in [5.74, 6) is 0.472. The predicted octanol–water partition coefficient (Wildman–Crippen LogP) is 2.47. The average Bonchev–Trinajstić information content (AvgIpc) is 3.39. The molecule has 120 valence electrons. The molecule has 1 unspecified atom stereocenters. The molecular formula is C17H25N3O2. The van der Waals surface area contributed by atoms with Gasteiger partial charge in [0.25, 0.3) is 5.56 Å². The van der Waals surface area contributed by atoms with E-state index in [-0.39, 0.29) is 11.5 Å². The van der Waals surface area contributed by atoms with Crippen molar-refractivity contribution in [2.45, 2.75) is 69.9 Å². The Morgan fingerprint density at radius 2 is 1.91 bits per heavy atom. The summed E-state index contributed by atoms with van der Waals surface area (Å²) in [5, 5.41) is 4.44. The van der Waals surface area contributed by atoms with E-state index in [9.17, 15) is 9.59 Å². The lowest BCUT2D eigenvalue weighted by Crippen LogP contribution is -2.44. The smallest absolute Gasteiger partial charge is 0.267 e. The molecule has 1 heterocycles. The van der Waals surface area contributed by atoms with Crippen LogP contribution in [0.4, 0.5) is 0 Å². The van der Waals surface area contributed by atoms with Gasteiger partial charge in [0.1, 0.15) is 6.04 Å². The van der Waals surface area contributed by atoms with E-state index < -0.39 is 6.04 Å². The Bertz CT molecular complexity index is 600. The lowest BCUT2D eigenvalue weighted by atomic mass is 9.94. The Morgan fingerprint density at radius 1 is 1.23 bits per heavy atom. The van der Waals surface area contributed by atoms with Crippen LogP contribution >= 0.6 is 0 Å². The van der Waals surface area contributed by atoms with Crippen molar-refractivity contribution in [2.24, 2.45) is 0 Å². The van der Waals surface area contributed by atoms with E-state index in [1.54, 1.807) is 19.1 Å². The van der Waals surface area contributed by atoms with E-state index in [0.29, 0.717) is 12.0 Å². The summed E-state index contributed by atoms with van der Waals surface area (Å²) in [7, 11) is 1.87. The molecule has 3 rings (SSSR count). The zero-order valence-corrected chi connectivity index (χ0v) is 13.5. The molecule has 2 saturated carbocycles. The molecular weight excluding hydrogens is 278 g/mol. The molecule has 1 atom stereocenters. The normalized spacial score (nSPS) is 20.6. The summed E-state index contributed by atoms with van der Waals surface area (Å²) in [6.45, 7) is 1.78. The number of aromatic nitrogens is 2. The molecule has 0 spiro atoms. The first-order valence-corrected chi connectivity index (χ1v) is 8.44. The molecule has 22 heavy (non-hydrogen) atoms. The summed E-state index contributed by atoms with van der Waals surface area (Å²) in [4.78, 5) is 26.6. The van der Waals surface area contributed by atoms with Crippen molar-refractivity contribution < 1.29 is 4.79 Å². The fourth-order valence-electron chi connectivity index (χ4n) is 3.36. The maximum Gasteiger partial charge on any atom is 0.267 e. The van der Waals surface area contributed by atoms with Crippen molar-refractivity contribution in [3.8, 4) is 0 Å². The van der Waals surface area contributed by atoms with Crippen LogP contribution in [0.1, 0.15) is 69.5 Å². The zero-order chi connectivity index (χ0) is 15.7. The van der Waals surface area contributed by atoms with E-state index in [1.807, 2.05) is 11.9 Å².